The smallest absolute Gasteiger partial charge is 0.264 e. The van der Waals surface area contributed by atoms with Crippen LogP contribution in [0.5, 0.6) is 0 Å². The van der Waals surface area contributed by atoms with Gasteiger partial charge in [-0.05, 0) is 32.1 Å². The molecule has 1 aliphatic rings. The standard InChI is InChI=1S/C24H29N5O2S/c1-17-20-22(30)25-19(16-27(2)3)26-23(20)32-21(17)24(31)29-14-12-28(13-15-29)11-7-10-18-8-5-4-6-9-18/h4-10H,11-16H2,1-3H3,(H,25,26,30)/b10-7+. The number of carbonyl (C=O) groups excluding carboxylic acids is 1. The predicted octanol–water partition coefficient (Wildman–Crippen LogP) is 2.83. The zero-order valence-corrected chi connectivity index (χ0v) is 19.6. The Balaban J connectivity index is 1.41. The SMILES string of the molecule is Cc1c(C(=O)N2CCN(C/C=C/c3ccccc3)CC2)sc2nc(CN(C)C)[nH]c(=O)c12. The van der Waals surface area contributed by atoms with Crippen LogP contribution in [0.25, 0.3) is 16.3 Å². The quantitative estimate of drug-likeness (QED) is 0.624. The van der Waals surface area contributed by atoms with E-state index in [1.165, 1.54) is 16.9 Å². The molecular weight excluding hydrogens is 422 g/mol. The number of carbonyl (C=O) groups is 1. The zero-order chi connectivity index (χ0) is 22.7. The van der Waals surface area contributed by atoms with E-state index >= 15 is 0 Å². The Labute approximate surface area is 192 Å². The second-order valence-corrected chi connectivity index (χ2v) is 9.39. The summed E-state index contributed by atoms with van der Waals surface area (Å²) in [4.78, 5) is 40.7. The molecule has 0 unspecified atom stereocenters. The first-order chi connectivity index (χ1) is 15.4. The number of amides is 1. The molecule has 7 nitrogen and oxygen atoms in total. The van der Waals surface area contributed by atoms with Crippen LogP contribution in [0, 0.1) is 6.92 Å². The number of nitrogens with zero attached hydrogens (tertiary/aromatic N) is 4. The Bertz CT molecular complexity index is 1170. The summed E-state index contributed by atoms with van der Waals surface area (Å²) < 4.78 is 0. The maximum Gasteiger partial charge on any atom is 0.264 e. The maximum absolute atomic E-state index is 13.2. The molecule has 0 atom stereocenters. The Morgan fingerprint density at radius 1 is 1.19 bits per heavy atom. The van der Waals surface area contributed by atoms with Crippen LogP contribution in [0.4, 0.5) is 0 Å². The average Bonchev–Trinajstić information content (AvgIpc) is 3.10. The molecule has 1 saturated heterocycles. The highest BCUT2D eigenvalue weighted by atomic mass is 32.1. The van der Waals surface area contributed by atoms with Gasteiger partial charge in [-0.25, -0.2) is 4.98 Å². The maximum atomic E-state index is 13.2. The average molecular weight is 452 g/mol. The van der Waals surface area contributed by atoms with Crippen LogP contribution in [-0.2, 0) is 6.54 Å². The molecule has 2 aromatic heterocycles. The monoisotopic (exact) mass is 451 g/mol. The fourth-order valence-corrected chi connectivity index (χ4v) is 5.11. The molecule has 1 aliphatic heterocycles. The van der Waals surface area contributed by atoms with Gasteiger partial charge >= 0.3 is 0 Å². The lowest BCUT2D eigenvalue weighted by Gasteiger charge is -2.34. The largest absolute Gasteiger partial charge is 0.335 e. The third kappa shape index (κ3) is 4.98. The van der Waals surface area contributed by atoms with Gasteiger partial charge in [0, 0.05) is 32.7 Å². The minimum absolute atomic E-state index is 0.00135. The molecule has 1 aromatic carbocycles. The number of aromatic amines is 1. The molecule has 4 rings (SSSR count). The Morgan fingerprint density at radius 2 is 1.91 bits per heavy atom. The van der Waals surface area contributed by atoms with E-state index in [-0.39, 0.29) is 11.5 Å². The van der Waals surface area contributed by atoms with E-state index in [0.717, 1.165) is 25.2 Å². The van der Waals surface area contributed by atoms with E-state index in [4.69, 9.17) is 0 Å². The van der Waals surface area contributed by atoms with E-state index in [0.29, 0.717) is 40.6 Å². The summed E-state index contributed by atoms with van der Waals surface area (Å²) in [5, 5.41) is 0.533. The zero-order valence-electron chi connectivity index (χ0n) is 18.8. The molecular formula is C24H29N5O2S. The number of nitrogens with one attached hydrogen (secondary N) is 1. The van der Waals surface area contributed by atoms with Crippen molar-refractivity contribution in [3.63, 3.8) is 0 Å². The molecule has 1 N–H and O–H groups in total. The fourth-order valence-electron chi connectivity index (χ4n) is 3.95. The van der Waals surface area contributed by atoms with Crippen molar-refractivity contribution >= 4 is 33.5 Å². The van der Waals surface area contributed by atoms with Gasteiger partial charge in [0.1, 0.15) is 10.7 Å². The van der Waals surface area contributed by atoms with Gasteiger partial charge < -0.3 is 14.8 Å². The van der Waals surface area contributed by atoms with Crippen molar-refractivity contribution in [2.45, 2.75) is 13.5 Å². The molecule has 1 fully saturated rings. The number of thiophene rings is 1. The lowest BCUT2D eigenvalue weighted by atomic mass is 10.2. The second-order valence-electron chi connectivity index (χ2n) is 8.39. The van der Waals surface area contributed by atoms with E-state index in [9.17, 15) is 9.59 Å². The highest BCUT2D eigenvalue weighted by Gasteiger charge is 2.26. The normalized spacial score (nSPS) is 15.3. The number of hydrogen-bond acceptors (Lipinski definition) is 6. The van der Waals surface area contributed by atoms with Crippen molar-refractivity contribution in [1.29, 1.82) is 0 Å². The van der Waals surface area contributed by atoms with Crippen molar-refractivity contribution in [2.75, 3.05) is 46.8 Å². The van der Waals surface area contributed by atoms with Crippen LogP contribution in [0.2, 0.25) is 0 Å². The van der Waals surface area contributed by atoms with E-state index in [1.54, 1.807) is 0 Å². The number of aromatic nitrogens is 2. The van der Waals surface area contributed by atoms with Gasteiger partial charge in [0.25, 0.3) is 11.5 Å². The molecule has 0 spiro atoms. The van der Waals surface area contributed by atoms with E-state index < -0.39 is 0 Å². The summed E-state index contributed by atoms with van der Waals surface area (Å²) in [7, 11) is 3.85. The second kappa shape index (κ2) is 9.77. The Hall–Kier alpha value is -2.81. The fraction of sp³-hybridized carbons (Fsp3) is 0.375. The number of aryl methyl sites for hydroxylation is 1. The summed E-state index contributed by atoms with van der Waals surface area (Å²) in [5.74, 6) is 0.614. The molecule has 0 radical (unpaired) electrons. The van der Waals surface area contributed by atoms with Gasteiger partial charge in [-0.15, -0.1) is 11.3 Å². The third-order valence-electron chi connectivity index (χ3n) is 5.64. The summed E-state index contributed by atoms with van der Waals surface area (Å²) in [6, 6.07) is 10.3. The van der Waals surface area contributed by atoms with Gasteiger partial charge in [-0.3, -0.25) is 14.5 Å². The minimum Gasteiger partial charge on any atom is -0.335 e. The lowest BCUT2D eigenvalue weighted by Crippen LogP contribution is -2.48. The minimum atomic E-state index is -0.172. The number of H-pyrrole nitrogens is 1. The molecule has 0 bridgehead atoms. The molecule has 168 valence electrons. The number of rotatable bonds is 6. The van der Waals surface area contributed by atoms with Crippen LogP contribution >= 0.6 is 11.3 Å². The molecule has 0 saturated carbocycles. The van der Waals surface area contributed by atoms with Crippen molar-refractivity contribution in [3.05, 3.63) is 68.6 Å². The predicted molar refractivity (Wildman–Crippen MR) is 130 cm³/mol. The lowest BCUT2D eigenvalue weighted by molar-refractivity contribution is 0.0654. The van der Waals surface area contributed by atoms with Gasteiger partial charge in [-0.2, -0.15) is 0 Å². The van der Waals surface area contributed by atoms with E-state index in [2.05, 4.69) is 39.2 Å². The van der Waals surface area contributed by atoms with Crippen LogP contribution < -0.4 is 5.56 Å². The summed E-state index contributed by atoms with van der Waals surface area (Å²) >= 11 is 1.33. The van der Waals surface area contributed by atoms with Crippen molar-refractivity contribution < 1.29 is 4.79 Å². The first-order valence-corrected chi connectivity index (χ1v) is 11.6. The molecule has 0 aliphatic carbocycles. The van der Waals surface area contributed by atoms with Crippen LogP contribution in [0.15, 0.2) is 41.2 Å². The number of fused-ring (bicyclic) bond motifs is 1. The highest BCUT2D eigenvalue weighted by molar-refractivity contribution is 7.20. The van der Waals surface area contributed by atoms with Gasteiger partial charge in [-0.1, -0.05) is 42.5 Å². The molecule has 32 heavy (non-hydrogen) atoms. The number of benzene rings is 1. The first-order valence-electron chi connectivity index (χ1n) is 10.8. The van der Waals surface area contributed by atoms with Crippen molar-refractivity contribution in [3.8, 4) is 0 Å². The Kier molecular flexibility index (Phi) is 6.83. The number of hydrogen-bond donors (Lipinski definition) is 1. The van der Waals surface area contributed by atoms with Gasteiger partial charge in [0.2, 0.25) is 0 Å². The molecule has 8 heteroatoms. The Morgan fingerprint density at radius 3 is 2.59 bits per heavy atom. The van der Waals surface area contributed by atoms with Gasteiger partial charge in [0.05, 0.1) is 16.8 Å². The summed E-state index contributed by atoms with van der Waals surface area (Å²) in [5.41, 5.74) is 1.75. The third-order valence-corrected chi connectivity index (χ3v) is 6.82. The van der Waals surface area contributed by atoms with Crippen LogP contribution in [0.3, 0.4) is 0 Å². The van der Waals surface area contributed by atoms with E-state index in [1.807, 2.05) is 49.0 Å². The van der Waals surface area contributed by atoms with Crippen LogP contribution in [0.1, 0.15) is 26.6 Å². The molecule has 3 heterocycles. The molecule has 3 aromatic rings. The summed E-state index contributed by atoms with van der Waals surface area (Å²) in [6.07, 6.45) is 4.30. The summed E-state index contributed by atoms with van der Waals surface area (Å²) in [6.45, 7) is 6.29. The molecule has 1 amide bonds. The topological polar surface area (TPSA) is 72.5 Å². The van der Waals surface area contributed by atoms with Crippen molar-refractivity contribution in [1.82, 2.24) is 24.7 Å². The van der Waals surface area contributed by atoms with Crippen LogP contribution in [-0.4, -0.2) is 77.4 Å². The van der Waals surface area contributed by atoms with Crippen molar-refractivity contribution in [2.24, 2.45) is 0 Å². The number of piperazine rings is 1. The highest BCUT2D eigenvalue weighted by Crippen LogP contribution is 2.28. The first kappa shape index (κ1) is 22.4. The van der Waals surface area contributed by atoms with Gasteiger partial charge in [0.15, 0.2) is 0 Å².